The summed E-state index contributed by atoms with van der Waals surface area (Å²) in [6, 6.07) is 7.74. The Kier molecular flexibility index (Phi) is 3.41. The molecule has 0 N–H and O–H groups in total. The van der Waals surface area contributed by atoms with Crippen molar-refractivity contribution in [2.75, 3.05) is 13.4 Å². The summed E-state index contributed by atoms with van der Waals surface area (Å²) in [4.78, 5) is 35.8. The number of carbonyl (C=O) groups is 3. The second kappa shape index (κ2) is 5.45. The third kappa shape index (κ3) is 2.34. The third-order valence-corrected chi connectivity index (χ3v) is 5.06. The van der Waals surface area contributed by atoms with Crippen LogP contribution in [0, 0.1) is 11.8 Å². The molecule has 0 saturated carbocycles. The van der Waals surface area contributed by atoms with Crippen LogP contribution in [0.2, 0.25) is 0 Å². The number of fused-ring (bicyclic) bond motifs is 3. The van der Waals surface area contributed by atoms with Crippen molar-refractivity contribution >= 4 is 17.9 Å². The molecule has 0 amide bonds. The van der Waals surface area contributed by atoms with E-state index in [-0.39, 0.29) is 36.9 Å². The molecule has 2 aliphatic heterocycles. The predicted molar refractivity (Wildman–Crippen MR) is 76.1 cm³/mol. The van der Waals surface area contributed by atoms with Gasteiger partial charge in [-0.2, -0.15) is 0 Å². The van der Waals surface area contributed by atoms with E-state index >= 15 is 0 Å². The summed E-state index contributed by atoms with van der Waals surface area (Å²) in [6.45, 7) is 0.372. The van der Waals surface area contributed by atoms with Crippen molar-refractivity contribution in [1.29, 1.82) is 0 Å². The van der Waals surface area contributed by atoms with Crippen molar-refractivity contribution in [2.45, 2.75) is 24.7 Å². The van der Waals surface area contributed by atoms with Gasteiger partial charge in [-0.1, -0.05) is 24.3 Å². The molecule has 23 heavy (non-hydrogen) atoms. The number of hydrogen-bond donors (Lipinski definition) is 0. The molecule has 6 heteroatoms. The fourth-order valence-electron chi connectivity index (χ4n) is 4.00. The maximum Gasteiger partial charge on any atom is 0.317 e. The highest BCUT2D eigenvalue weighted by atomic mass is 16.7. The molecular weight excluding hydrogens is 300 g/mol. The molecule has 0 bridgehead atoms. The average molecular weight is 316 g/mol. The number of esters is 3. The van der Waals surface area contributed by atoms with Gasteiger partial charge in [-0.15, -0.1) is 0 Å². The number of cyclic esters (lactones) is 3. The Hall–Kier alpha value is -2.21. The van der Waals surface area contributed by atoms with E-state index in [1.54, 1.807) is 0 Å². The third-order valence-electron chi connectivity index (χ3n) is 5.06. The van der Waals surface area contributed by atoms with Crippen LogP contribution >= 0.6 is 0 Å². The van der Waals surface area contributed by atoms with Crippen molar-refractivity contribution in [3.8, 4) is 0 Å². The lowest BCUT2D eigenvalue weighted by Gasteiger charge is -2.36. The first-order valence-corrected chi connectivity index (χ1v) is 7.73. The van der Waals surface area contributed by atoms with Crippen LogP contribution in [0.15, 0.2) is 24.3 Å². The molecule has 120 valence electrons. The number of hydrogen-bond acceptors (Lipinski definition) is 6. The van der Waals surface area contributed by atoms with Crippen molar-refractivity contribution in [1.82, 2.24) is 0 Å². The fraction of sp³-hybridized carbons (Fsp3) is 0.471. The number of rotatable bonds is 1. The molecule has 4 atom stereocenters. The van der Waals surface area contributed by atoms with Crippen LogP contribution in [-0.4, -0.2) is 31.3 Å². The minimum atomic E-state index is -0.526. The molecule has 3 aliphatic rings. The van der Waals surface area contributed by atoms with Crippen molar-refractivity contribution < 1.29 is 28.6 Å². The fourth-order valence-corrected chi connectivity index (χ4v) is 4.00. The minimum Gasteiger partial charge on any atom is -0.438 e. The van der Waals surface area contributed by atoms with Crippen LogP contribution in [0.1, 0.15) is 35.8 Å². The molecule has 0 radical (unpaired) electrons. The Morgan fingerprint density at radius 3 is 2.30 bits per heavy atom. The molecule has 1 aromatic carbocycles. The van der Waals surface area contributed by atoms with Crippen LogP contribution in [-0.2, 0) is 28.6 Å². The summed E-state index contributed by atoms with van der Waals surface area (Å²) in [5, 5.41) is 0. The lowest BCUT2D eigenvalue weighted by atomic mass is 9.66. The molecule has 1 aromatic rings. The largest absolute Gasteiger partial charge is 0.438 e. The van der Waals surface area contributed by atoms with Crippen molar-refractivity contribution in [2.24, 2.45) is 11.8 Å². The first-order valence-electron chi connectivity index (χ1n) is 7.73. The number of benzene rings is 1. The van der Waals surface area contributed by atoms with Crippen molar-refractivity contribution in [3.63, 3.8) is 0 Å². The van der Waals surface area contributed by atoms with E-state index in [0.29, 0.717) is 13.0 Å². The topological polar surface area (TPSA) is 78.9 Å². The lowest BCUT2D eigenvalue weighted by molar-refractivity contribution is -0.157. The van der Waals surface area contributed by atoms with Gasteiger partial charge >= 0.3 is 17.9 Å². The van der Waals surface area contributed by atoms with E-state index in [1.807, 2.05) is 24.3 Å². The van der Waals surface area contributed by atoms with E-state index in [2.05, 4.69) is 0 Å². The first kappa shape index (κ1) is 14.4. The van der Waals surface area contributed by atoms with Crippen LogP contribution < -0.4 is 0 Å². The molecule has 1 aliphatic carbocycles. The highest BCUT2D eigenvalue weighted by molar-refractivity contribution is 5.95. The molecule has 0 aromatic heterocycles. The monoisotopic (exact) mass is 316 g/mol. The highest BCUT2D eigenvalue weighted by Gasteiger charge is 2.48. The molecule has 4 unspecified atom stereocenters. The quantitative estimate of drug-likeness (QED) is 0.577. The van der Waals surface area contributed by atoms with Crippen LogP contribution in [0.25, 0.3) is 0 Å². The summed E-state index contributed by atoms with van der Waals surface area (Å²) in [5.74, 6) is -2.47. The second-order valence-electron chi connectivity index (χ2n) is 6.24. The predicted octanol–water partition coefficient (Wildman–Crippen LogP) is 1.49. The maximum atomic E-state index is 12.3. The molecular formula is C17H16O6. The van der Waals surface area contributed by atoms with Crippen LogP contribution in [0.3, 0.4) is 0 Å². The highest BCUT2D eigenvalue weighted by Crippen LogP contribution is 2.48. The van der Waals surface area contributed by atoms with Gasteiger partial charge in [0.05, 0.1) is 24.9 Å². The van der Waals surface area contributed by atoms with Crippen LogP contribution in [0.5, 0.6) is 0 Å². The molecule has 2 fully saturated rings. The van der Waals surface area contributed by atoms with Crippen molar-refractivity contribution in [3.05, 3.63) is 35.4 Å². The molecule has 4 rings (SSSR count). The zero-order valence-electron chi connectivity index (χ0n) is 12.4. The Balaban J connectivity index is 1.77. The summed E-state index contributed by atoms with van der Waals surface area (Å²) in [6.07, 6.45) is 0.539. The minimum absolute atomic E-state index is 0.0391. The maximum absolute atomic E-state index is 12.3. The van der Waals surface area contributed by atoms with Gasteiger partial charge in [0.15, 0.2) is 6.79 Å². The van der Waals surface area contributed by atoms with Gasteiger partial charge in [-0.25, -0.2) is 0 Å². The van der Waals surface area contributed by atoms with Crippen LogP contribution in [0.4, 0.5) is 0 Å². The van der Waals surface area contributed by atoms with E-state index in [1.165, 1.54) is 0 Å². The van der Waals surface area contributed by atoms with Gasteiger partial charge in [0.25, 0.3) is 0 Å². The Bertz CT molecular complexity index is 681. The standard InChI is InChI=1S/C17H16O6/c18-15-6-13(17(20)23-15)11-5-12-14(7-21-8-22-16(12)19)10-4-2-1-3-9(10)11/h1-4,11-14H,5-8H2. The Morgan fingerprint density at radius 2 is 1.61 bits per heavy atom. The smallest absolute Gasteiger partial charge is 0.317 e. The van der Waals surface area contributed by atoms with Gasteiger partial charge < -0.3 is 14.2 Å². The van der Waals surface area contributed by atoms with Gasteiger partial charge in [0.1, 0.15) is 0 Å². The first-order chi connectivity index (χ1) is 11.1. The molecule has 0 spiro atoms. The normalized spacial score (nSPS) is 33.3. The Labute approximate surface area is 132 Å². The molecule has 2 heterocycles. The van der Waals surface area contributed by atoms with Gasteiger partial charge in [0, 0.05) is 5.92 Å². The van der Waals surface area contributed by atoms with Gasteiger partial charge in [-0.05, 0) is 23.5 Å². The SMILES string of the molecule is O=C1CC(C2CC3C(=O)OCOCC3c3ccccc32)C(=O)O1. The summed E-state index contributed by atoms with van der Waals surface area (Å²) in [7, 11) is 0. The zero-order chi connectivity index (χ0) is 16.0. The van der Waals surface area contributed by atoms with E-state index < -0.39 is 17.9 Å². The summed E-state index contributed by atoms with van der Waals surface area (Å²) < 4.78 is 15.2. The molecule has 6 nitrogen and oxygen atoms in total. The zero-order valence-corrected chi connectivity index (χ0v) is 12.4. The summed E-state index contributed by atoms with van der Waals surface area (Å²) >= 11 is 0. The Morgan fingerprint density at radius 1 is 0.870 bits per heavy atom. The van der Waals surface area contributed by atoms with Gasteiger partial charge in [-0.3, -0.25) is 14.4 Å². The van der Waals surface area contributed by atoms with E-state index in [4.69, 9.17) is 14.2 Å². The number of carbonyl (C=O) groups excluding carboxylic acids is 3. The number of ether oxygens (including phenoxy) is 3. The summed E-state index contributed by atoms with van der Waals surface area (Å²) in [5.41, 5.74) is 2.00. The lowest BCUT2D eigenvalue weighted by Crippen LogP contribution is -2.34. The molecule has 2 saturated heterocycles. The average Bonchev–Trinajstić information content (AvgIpc) is 2.77. The van der Waals surface area contributed by atoms with Gasteiger partial charge in [0.2, 0.25) is 0 Å². The second-order valence-corrected chi connectivity index (χ2v) is 6.24. The van der Waals surface area contributed by atoms with E-state index in [0.717, 1.165) is 11.1 Å². The van der Waals surface area contributed by atoms with E-state index in [9.17, 15) is 14.4 Å².